The first-order valence-corrected chi connectivity index (χ1v) is 6.35. The second-order valence-corrected chi connectivity index (χ2v) is 4.63. The van der Waals surface area contributed by atoms with Crippen LogP contribution in [0.5, 0.6) is 0 Å². The standard InChI is InChI=1S/C16H18N2O/c1-12(13-5-3-2-4-6-13)11-18-15-9-7-14(8-10-15)16(17)19/h2-10,12,18H,11H2,1H3,(H2,17,19)/t12-/m1/s1. The normalized spacial score (nSPS) is 11.8. The number of primary amides is 1. The molecule has 0 aromatic heterocycles. The van der Waals surface area contributed by atoms with Crippen LogP contribution in [0.2, 0.25) is 0 Å². The van der Waals surface area contributed by atoms with Crippen LogP contribution < -0.4 is 11.1 Å². The second kappa shape index (κ2) is 6.05. The highest BCUT2D eigenvalue weighted by atomic mass is 16.1. The molecule has 1 atom stereocenters. The fourth-order valence-electron chi connectivity index (χ4n) is 1.92. The zero-order chi connectivity index (χ0) is 13.7. The van der Waals surface area contributed by atoms with Crippen LogP contribution in [0, 0.1) is 0 Å². The lowest BCUT2D eigenvalue weighted by molar-refractivity contribution is 0.100. The van der Waals surface area contributed by atoms with Gasteiger partial charge in [0.05, 0.1) is 0 Å². The molecule has 0 spiro atoms. The van der Waals surface area contributed by atoms with Crippen molar-refractivity contribution in [2.45, 2.75) is 12.8 Å². The third-order valence-corrected chi connectivity index (χ3v) is 3.15. The van der Waals surface area contributed by atoms with Crippen molar-refractivity contribution in [2.75, 3.05) is 11.9 Å². The molecule has 98 valence electrons. The average Bonchev–Trinajstić information content (AvgIpc) is 2.46. The summed E-state index contributed by atoms with van der Waals surface area (Å²) in [6.45, 7) is 3.03. The minimum Gasteiger partial charge on any atom is -0.384 e. The van der Waals surface area contributed by atoms with Gasteiger partial charge in [0.2, 0.25) is 5.91 Å². The molecule has 0 aliphatic carbocycles. The van der Waals surface area contributed by atoms with E-state index in [-0.39, 0.29) is 0 Å². The Balaban J connectivity index is 1.93. The van der Waals surface area contributed by atoms with Crippen LogP contribution in [-0.4, -0.2) is 12.5 Å². The van der Waals surface area contributed by atoms with E-state index in [2.05, 4.69) is 24.4 Å². The number of hydrogen-bond donors (Lipinski definition) is 2. The topological polar surface area (TPSA) is 55.1 Å². The van der Waals surface area contributed by atoms with Crippen LogP contribution in [0.15, 0.2) is 54.6 Å². The molecule has 0 radical (unpaired) electrons. The van der Waals surface area contributed by atoms with E-state index in [0.29, 0.717) is 11.5 Å². The lowest BCUT2D eigenvalue weighted by Crippen LogP contribution is -2.12. The maximum atomic E-state index is 11.0. The Bertz CT molecular complexity index is 534. The Hall–Kier alpha value is -2.29. The molecule has 0 aliphatic heterocycles. The summed E-state index contributed by atoms with van der Waals surface area (Å²) in [6.07, 6.45) is 0. The van der Waals surface area contributed by atoms with Crippen molar-refractivity contribution in [1.29, 1.82) is 0 Å². The minimum atomic E-state index is -0.399. The largest absolute Gasteiger partial charge is 0.384 e. The van der Waals surface area contributed by atoms with Gasteiger partial charge < -0.3 is 11.1 Å². The van der Waals surface area contributed by atoms with Crippen molar-refractivity contribution in [3.05, 3.63) is 65.7 Å². The van der Waals surface area contributed by atoms with Crippen molar-refractivity contribution in [3.8, 4) is 0 Å². The Morgan fingerprint density at radius 3 is 2.32 bits per heavy atom. The van der Waals surface area contributed by atoms with E-state index in [4.69, 9.17) is 5.73 Å². The highest BCUT2D eigenvalue weighted by Gasteiger charge is 2.05. The maximum absolute atomic E-state index is 11.0. The molecule has 0 heterocycles. The predicted octanol–water partition coefficient (Wildman–Crippen LogP) is 3.00. The van der Waals surface area contributed by atoms with Gasteiger partial charge in [0.25, 0.3) is 0 Å². The SMILES string of the molecule is C[C@H](CNc1ccc(C(N)=O)cc1)c1ccccc1. The van der Waals surface area contributed by atoms with Crippen molar-refractivity contribution in [1.82, 2.24) is 0 Å². The van der Waals surface area contributed by atoms with Crippen LogP contribution in [-0.2, 0) is 0 Å². The molecule has 3 N–H and O–H groups in total. The molecule has 2 aromatic carbocycles. The van der Waals surface area contributed by atoms with Gasteiger partial charge in [-0.1, -0.05) is 37.3 Å². The highest BCUT2D eigenvalue weighted by molar-refractivity contribution is 5.93. The average molecular weight is 254 g/mol. The van der Waals surface area contributed by atoms with Gasteiger partial charge in [-0.05, 0) is 35.7 Å². The molecule has 0 bridgehead atoms. The van der Waals surface area contributed by atoms with Gasteiger partial charge in [0.1, 0.15) is 0 Å². The molecule has 19 heavy (non-hydrogen) atoms. The summed E-state index contributed by atoms with van der Waals surface area (Å²) in [5.74, 6) is 0.0289. The number of carbonyl (C=O) groups is 1. The van der Waals surface area contributed by atoms with Gasteiger partial charge in [-0.3, -0.25) is 4.79 Å². The molecular weight excluding hydrogens is 236 g/mol. The zero-order valence-electron chi connectivity index (χ0n) is 11.0. The van der Waals surface area contributed by atoms with E-state index in [1.165, 1.54) is 5.56 Å². The van der Waals surface area contributed by atoms with Crippen LogP contribution in [0.1, 0.15) is 28.8 Å². The Kier molecular flexibility index (Phi) is 4.18. The summed E-state index contributed by atoms with van der Waals surface area (Å²) in [7, 11) is 0. The van der Waals surface area contributed by atoms with Crippen molar-refractivity contribution in [3.63, 3.8) is 0 Å². The third kappa shape index (κ3) is 3.58. The van der Waals surface area contributed by atoms with E-state index < -0.39 is 5.91 Å². The molecule has 0 saturated heterocycles. The molecule has 2 aromatic rings. The van der Waals surface area contributed by atoms with E-state index in [1.807, 2.05) is 30.3 Å². The van der Waals surface area contributed by atoms with Crippen LogP contribution in [0.25, 0.3) is 0 Å². The molecule has 0 aliphatic rings. The van der Waals surface area contributed by atoms with E-state index in [1.54, 1.807) is 12.1 Å². The predicted molar refractivity (Wildman–Crippen MR) is 78.3 cm³/mol. The fraction of sp³-hybridized carbons (Fsp3) is 0.188. The summed E-state index contributed by atoms with van der Waals surface area (Å²) in [6, 6.07) is 17.6. The number of benzene rings is 2. The van der Waals surface area contributed by atoms with E-state index >= 15 is 0 Å². The van der Waals surface area contributed by atoms with Gasteiger partial charge in [0.15, 0.2) is 0 Å². The summed E-state index contributed by atoms with van der Waals surface area (Å²) in [5, 5.41) is 3.36. The first-order chi connectivity index (χ1) is 9.16. The second-order valence-electron chi connectivity index (χ2n) is 4.63. The van der Waals surface area contributed by atoms with Gasteiger partial charge in [-0.2, -0.15) is 0 Å². The number of rotatable bonds is 5. The molecule has 3 nitrogen and oxygen atoms in total. The quantitative estimate of drug-likeness (QED) is 0.861. The van der Waals surface area contributed by atoms with E-state index in [9.17, 15) is 4.79 Å². The highest BCUT2D eigenvalue weighted by Crippen LogP contribution is 2.16. The fourth-order valence-corrected chi connectivity index (χ4v) is 1.92. The van der Waals surface area contributed by atoms with Crippen LogP contribution >= 0.6 is 0 Å². The molecular formula is C16H18N2O. The number of nitrogens with two attached hydrogens (primary N) is 1. The Morgan fingerprint density at radius 2 is 1.74 bits per heavy atom. The smallest absolute Gasteiger partial charge is 0.248 e. The van der Waals surface area contributed by atoms with Crippen LogP contribution in [0.4, 0.5) is 5.69 Å². The molecule has 0 unspecified atom stereocenters. The summed E-state index contributed by atoms with van der Waals surface area (Å²) < 4.78 is 0. The Labute approximate surface area is 113 Å². The zero-order valence-corrected chi connectivity index (χ0v) is 11.0. The summed E-state index contributed by atoms with van der Waals surface area (Å²) >= 11 is 0. The Morgan fingerprint density at radius 1 is 1.11 bits per heavy atom. The van der Waals surface area contributed by atoms with Crippen molar-refractivity contribution >= 4 is 11.6 Å². The summed E-state index contributed by atoms with van der Waals surface area (Å²) in [5.41, 5.74) is 8.03. The summed E-state index contributed by atoms with van der Waals surface area (Å²) in [4.78, 5) is 11.0. The number of nitrogens with one attached hydrogen (secondary N) is 1. The number of hydrogen-bond acceptors (Lipinski definition) is 2. The van der Waals surface area contributed by atoms with Gasteiger partial charge in [-0.25, -0.2) is 0 Å². The minimum absolute atomic E-state index is 0.399. The first kappa shape index (κ1) is 13.1. The van der Waals surface area contributed by atoms with E-state index in [0.717, 1.165) is 12.2 Å². The third-order valence-electron chi connectivity index (χ3n) is 3.15. The van der Waals surface area contributed by atoms with Crippen molar-refractivity contribution < 1.29 is 4.79 Å². The van der Waals surface area contributed by atoms with Gasteiger partial charge in [-0.15, -0.1) is 0 Å². The molecule has 1 amide bonds. The molecule has 3 heteroatoms. The molecule has 0 saturated carbocycles. The number of amides is 1. The van der Waals surface area contributed by atoms with Gasteiger partial charge in [0, 0.05) is 17.8 Å². The van der Waals surface area contributed by atoms with Gasteiger partial charge >= 0.3 is 0 Å². The molecule has 0 fully saturated rings. The molecule has 2 rings (SSSR count). The maximum Gasteiger partial charge on any atom is 0.248 e. The monoisotopic (exact) mass is 254 g/mol. The number of anilines is 1. The number of carbonyl (C=O) groups excluding carboxylic acids is 1. The van der Waals surface area contributed by atoms with Crippen molar-refractivity contribution in [2.24, 2.45) is 5.73 Å². The lowest BCUT2D eigenvalue weighted by Gasteiger charge is -2.14. The lowest BCUT2D eigenvalue weighted by atomic mass is 10.0. The van der Waals surface area contributed by atoms with Crippen LogP contribution in [0.3, 0.4) is 0 Å². The first-order valence-electron chi connectivity index (χ1n) is 6.35.